The van der Waals surface area contributed by atoms with Crippen molar-refractivity contribution >= 4 is 17.3 Å². The quantitative estimate of drug-likeness (QED) is 0.815. The molecule has 18 heavy (non-hydrogen) atoms. The molecule has 0 heterocycles. The van der Waals surface area contributed by atoms with E-state index in [0.717, 1.165) is 5.56 Å². The van der Waals surface area contributed by atoms with Crippen molar-refractivity contribution in [3.63, 3.8) is 0 Å². The molecule has 1 amide bonds. The molecular weight excluding hydrogens is 231 g/mol. The Labute approximate surface area is 104 Å². The number of anilines is 2. The molecule has 0 saturated heterocycles. The molecule has 3 nitrogen and oxygen atoms in total. The van der Waals surface area contributed by atoms with Crippen molar-refractivity contribution in [2.75, 3.05) is 11.1 Å². The molecule has 0 aliphatic rings. The van der Waals surface area contributed by atoms with Crippen molar-refractivity contribution < 1.29 is 9.18 Å². The molecule has 0 atom stereocenters. The SMILES string of the molecule is Nc1ccc(NC(=O)Cc2ccccc2)cc1F. The summed E-state index contributed by atoms with van der Waals surface area (Å²) in [7, 11) is 0. The smallest absolute Gasteiger partial charge is 0.228 e. The van der Waals surface area contributed by atoms with Gasteiger partial charge in [0.05, 0.1) is 12.1 Å². The molecule has 0 unspecified atom stereocenters. The van der Waals surface area contributed by atoms with Crippen molar-refractivity contribution in [2.24, 2.45) is 0 Å². The van der Waals surface area contributed by atoms with Crippen LogP contribution >= 0.6 is 0 Å². The first-order chi connectivity index (χ1) is 8.65. The van der Waals surface area contributed by atoms with Gasteiger partial charge in [-0.1, -0.05) is 30.3 Å². The fraction of sp³-hybridized carbons (Fsp3) is 0.0714. The van der Waals surface area contributed by atoms with Crippen molar-refractivity contribution in [3.8, 4) is 0 Å². The predicted molar refractivity (Wildman–Crippen MR) is 69.6 cm³/mol. The first-order valence-electron chi connectivity index (χ1n) is 5.54. The van der Waals surface area contributed by atoms with Gasteiger partial charge in [0.25, 0.3) is 0 Å². The van der Waals surface area contributed by atoms with E-state index in [-0.39, 0.29) is 18.0 Å². The predicted octanol–water partition coefficient (Wildman–Crippen LogP) is 2.59. The minimum absolute atomic E-state index is 0.0658. The van der Waals surface area contributed by atoms with Crippen LogP contribution in [0.2, 0.25) is 0 Å². The maximum absolute atomic E-state index is 13.2. The van der Waals surface area contributed by atoms with E-state index in [2.05, 4.69) is 5.32 Å². The van der Waals surface area contributed by atoms with Gasteiger partial charge in [-0.2, -0.15) is 0 Å². The number of rotatable bonds is 3. The molecule has 0 aliphatic carbocycles. The van der Waals surface area contributed by atoms with Crippen molar-refractivity contribution in [3.05, 3.63) is 59.9 Å². The minimum atomic E-state index is -0.535. The van der Waals surface area contributed by atoms with E-state index >= 15 is 0 Å². The molecular formula is C14H13FN2O. The summed E-state index contributed by atoms with van der Waals surface area (Å²) in [5.41, 5.74) is 6.73. The van der Waals surface area contributed by atoms with Gasteiger partial charge in [0.1, 0.15) is 5.82 Å². The lowest BCUT2D eigenvalue weighted by atomic mass is 10.1. The maximum atomic E-state index is 13.2. The Morgan fingerprint density at radius 1 is 1.17 bits per heavy atom. The molecule has 0 radical (unpaired) electrons. The summed E-state index contributed by atoms with van der Waals surface area (Å²) in [6, 6.07) is 13.5. The molecule has 0 saturated carbocycles. The van der Waals surface area contributed by atoms with Crippen LogP contribution in [-0.4, -0.2) is 5.91 Å². The number of carbonyl (C=O) groups excluding carboxylic acids is 1. The number of hydrogen-bond donors (Lipinski definition) is 2. The summed E-state index contributed by atoms with van der Waals surface area (Å²) in [5.74, 6) is -0.724. The van der Waals surface area contributed by atoms with Crippen molar-refractivity contribution in [1.82, 2.24) is 0 Å². The lowest BCUT2D eigenvalue weighted by Crippen LogP contribution is -2.14. The molecule has 0 aliphatic heterocycles. The zero-order valence-electron chi connectivity index (χ0n) is 9.69. The van der Waals surface area contributed by atoms with Gasteiger partial charge in [-0.3, -0.25) is 4.79 Å². The van der Waals surface area contributed by atoms with Gasteiger partial charge in [0.2, 0.25) is 5.91 Å². The molecule has 4 heteroatoms. The zero-order chi connectivity index (χ0) is 13.0. The van der Waals surface area contributed by atoms with Gasteiger partial charge < -0.3 is 11.1 Å². The van der Waals surface area contributed by atoms with E-state index in [1.54, 1.807) is 6.07 Å². The molecule has 2 aromatic rings. The summed E-state index contributed by atoms with van der Waals surface area (Å²) in [5, 5.41) is 2.62. The van der Waals surface area contributed by atoms with Gasteiger partial charge in [0.15, 0.2) is 0 Å². The third kappa shape index (κ3) is 3.07. The molecule has 3 N–H and O–H groups in total. The molecule has 2 rings (SSSR count). The maximum Gasteiger partial charge on any atom is 0.228 e. The van der Waals surface area contributed by atoms with Crippen molar-refractivity contribution in [1.29, 1.82) is 0 Å². The van der Waals surface area contributed by atoms with E-state index in [1.807, 2.05) is 30.3 Å². The summed E-state index contributed by atoms with van der Waals surface area (Å²) in [6.07, 6.45) is 0.257. The zero-order valence-corrected chi connectivity index (χ0v) is 9.69. The van der Waals surface area contributed by atoms with Gasteiger partial charge in [-0.25, -0.2) is 4.39 Å². The highest BCUT2D eigenvalue weighted by Crippen LogP contribution is 2.16. The Balaban J connectivity index is 2.01. The van der Waals surface area contributed by atoms with Crippen LogP contribution in [0.5, 0.6) is 0 Å². The second-order valence-corrected chi connectivity index (χ2v) is 3.95. The summed E-state index contributed by atoms with van der Waals surface area (Å²) < 4.78 is 13.2. The van der Waals surface area contributed by atoms with Crippen LogP contribution in [-0.2, 0) is 11.2 Å². The van der Waals surface area contributed by atoms with Crippen LogP contribution in [0.4, 0.5) is 15.8 Å². The molecule has 2 aromatic carbocycles. The third-order valence-electron chi connectivity index (χ3n) is 2.49. The molecule has 0 bridgehead atoms. The Hall–Kier alpha value is -2.36. The number of nitrogen functional groups attached to an aromatic ring is 1. The minimum Gasteiger partial charge on any atom is -0.396 e. The van der Waals surface area contributed by atoms with Gasteiger partial charge in [-0.05, 0) is 23.8 Å². The van der Waals surface area contributed by atoms with Crippen LogP contribution in [0.1, 0.15) is 5.56 Å². The number of carbonyl (C=O) groups is 1. The van der Waals surface area contributed by atoms with Crippen LogP contribution in [0, 0.1) is 5.82 Å². The first kappa shape index (κ1) is 12.1. The fourth-order valence-corrected chi connectivity index (χ4v) is 1.59. The first-order valence-corrected chi connectivity index (χ1v) is 5.54. The van der Waals surface area contributed by atoms with Crippen LogP contribution in [0.25, 0.3) is 0 Å². The van der Waals surface area contributed by atoms with Gasteiger partial charge in [0, 0.05) is 5.69 Å². The normalized spacial score (nSPS) is 10.1. The van der Waals surface area contributed by atoms with Crippen LogP contribution in [0.3, 0.4) is 0 Å². The van der Waals surface area contributed by atoms with Crippen LogP contribution < -0.4 is 11.1 Å². The number of amides is 1. The van der Waals surface area contributed by atoms with E-state index in [4.69, 9.17) is 5.73 Å². The fourth-order valence-electron chi connectivity index (χ4n) is 1.59. The number of benzene rings is 2. The van der Waals surface area contributed by atoms with E-state index in [9.17, 15) is 9.18 Å². The van der Waals surface area contributed by atoms with Gasteiger partial charge in [-0.15, -0.1) is 0 Å². The Morgan fingerprint density at radius 3 is 2.56 bits per heavy atom. The average Bonchev–Trinajstić information content (AvgIpc) is 2.35. The van der Waals surface area contributed by atoms with E-state index in [1.165, 1.54) is 12.1 Å². The van der Waals surface area contributed by atoms with Crippen LogP contribution in [0.15, 0.2) is 48.5 Å². The van der Waals surface area contributed by atoms with E-state index < -0.39 is 5.82 Å². The number of hydrogen-bond acceptors (Lipinski definition) is 2. The highest BCUT2D eigenvalue weighted by atomic mass is 19.1. The third-order valence-corrected chi connectivity index (χ3v) is 2.49. The van der Waals surface area contributed by atoms with Gasteiger partial charge >= 0.3 is 0 Å². The Bertz CT molecular complexity index is 555. The second-order valence-electron chi connectivity index (χ2n) is 3.95. The lowest BCUT2D eigenvalue weighted by Gasteiger charge is -2.06. The van der Waals surface area contributed by atoms with E-state index in [0.29, 0.717) is 5.69 Å². The standard InChI is InChI=1S/C14H13FN2O/c15-12-9-11(6-7-13(12)16)17-14(18)8-10-4-2-1-3-5-10/h1-7,9H,8,16H2,(H,17,18). The largest absolute Gasteiger partial charge is 0.396 e. The summed E-state index contributed by atoms with van der Waals surface area (Å²) in [6.45, 7) is 0. The molecule has 0 aromatic heterocycles. The monoisotopic (exact) mass is 244 g/mol. The average molecular weight is 244 g/mol. The molecule has 92 valence electrons. The number of nitrogens with one attached hydrogen (secondary N) is 1. The highest BCUT2D eigenvalue weighted by Gasteiger charge is 2.05. The molecule has 0 spiro atoms. The highest BCUT2D eigenvalue weighted by molar-refractivity contribution is 5.92. The topological polar surface area (TPSA) is 55.1 Å². The Morgan fingerprint density at radius 2 is 1.89 bits per heavy atom. The lowest BCUT2D eigenvalue weighted by molar-refractivity contribution is -0.115. The number of halogens is 1. The Kier molecular flexibility index (Phi) is 3.57. The molecule has 0 fully saturated rings. The summed E-state index contributed by atoms with van der Waals surface area (Å²) in [4.78, 5) is 11.7. The number of nitrogens with two attached hydrogens (primary N) is 1. The summed E-state index contributed by atoms with van der Waals surface area (Å²) >= 11 is 0. The van der Waals surface area contributed by atoms with Crippen molar-refractivity contribution in [2.45, 2.75) is 6.42 Å². The second kappa shape index (κ2) is 5.31.